The standard InChI is InChI=1S/C18H24N2S/c19-17(11-15-7-3-1-4-8-15)13-21-14-18(20)12-16-9-5-2-6-10-16/h1-10,17-18H,11-14,19-20H2/t17-,18-/m0/s1. The Kier molecular flexibility index (Phi) is 6.80. The van der Waals surface area contributed by atoms with E-state index in [1.807, 2.05) is 23.9 Å². The molecule has 21 heavy (non-hydrogen) atoms. The van der Waals surface area contributed by atoms with Crippen molar-refractivity contribution in [1.29, 1.82) is 0 Å². The van der Waals surface area contributed by atoms with E-state index in [0.717, 1.165) is 24.3 Å². The fourth-order valence-corrected chi connectivity index (χ4v) is 3.30. The van der Waals surface area contributed by atoms with E-state index in [2.05, 4.69) is 48.5 Å². The molecule has 0 aliphatic carbocycles. The minimum atomic E-state index is 0.196. The zero-order valence-corrected chi connectivity index (χ0v) is 13.1. The fraction of sp³-hybridized carbons (Fsp3) is 0.333. The third-order valence-corrected chi connectivity index (χ3v) is 4.67. The highest BCUT2D eigenvalue weighted by molar-refractivity contribution is 7.99. The van der Waals surface area contributed by atoms with Gasteiger partial charge in [0.25, 0.3) is 0 Å². The van der Waals surface area contributed by atoms with Crippen molar-refractivity contribution in [2.45, 2.75) is 24.9 Å². The van der Waals surface area contributed by atoms with Gasteiger partial charge in [-0.05, 0) is 24.0 Å². The van der Waals surface area contributed by atoms with Gasteiger partial charge in [0.05, 0.1) is 0 Å². The monoisotopic (exact) mass is 300 g/mol. The maximum Gasteiger partial charge on any atom is 0.0171 e. The molecule has 2 atom stereocenters. The molecule has 2 aromatic rings. The molecule has 0 radical (unpaired) electrons. The Morgan fingerprint density at radius 2 is 1.05 bits per heavy atom. The molecule has 0 aliphatic heterocycles. The second kappa shape index (κ2) is 8.88. The van der Waals surface area contributed by atoms with Crippen LogP contribution < -0.4 is 11.5 Å². The molecule has 0 amide bonds. The van der Waals surface area contributed by atoms with Gasteiger partial charge in [0.15, 0.2) is 0 Å². The first-order valence-corrected chi connectivity index (χ1v) is 8.56. The quantitative estimate of drug-likeness (QED) is 0.788. The molecular weight excluding hydrogens is 276 g/mol. The Morgan fingerprint density at radius 3 is 1.43 bits per heavy atom. The van der Waals surface area contributed by atoms with Crippen LogP contribution in [-0.2, 0) is 12.8 Å². The molecule has 3 heteroatoms. The number of benzene rings is 2. The van der Waals surface area contributed by atoms with Crippen LogP contribution in [-0.4, -0.2) is 23.6 Å². The lowest BCUT2D eigenvalue weighted by Crippen LogP contribution is -2.29. The maximum absolute atomic E-state index is 6.18. The van der Waals surface area contributed by atoms with Gasteiger partial charge >= 0.3 is 0 Å². The zero-order valence-electron chi connectivity index (χ0n) is 12.3. The Hall–Kier alpha value is -1.29. The van der Waals surface area contributed by atoms with Crippen molar-refractivity contribution < 1.29 is 0 Å². The topological polar surface area (TPSA) is 52.0 Å². The lowest BCUT2D eigenvalue weighted by atomic mass is 10.1. The molecule has 4 N–H and O–H groups in total. The number of hydrogen-bond donors (Lipinski definition) is 2. The van der Waals surface area contributed by atoms with Crippen LogP contribution in [0.1, 0.15) is 11.1 Å². The van der Waals surface area contributed by atoms with E-state index < -0.39 is 0 Å². The molecular formula is C18H24N2S. The molecule has 0 spiro atoms. The molecule has 2 nitrogen and oxygen atoms in total. The zero-order chi connectivity index (χ0) is 14.9. The number of hydrogen-bond acceptors (Lipinski definition) is 3. The lowest BCUT2D eigenvalue weighted by Gasteiger charge is -2.14. The summed E-state index contributed by atoms with van der Waals surface area (Å²) in [5.41, 5.74) is 15.0. The van der Waals surface area contributed by atoms with Crippen LogP contribution in [0.3, 0.4) is 0 Å². The Balaban J connectivity index is 1.64. The van der Waals surface area contributed by atoms with E-state index in [4.69, 9.17) is 11.5 Å². The van der Waals surface area contributed by atoms with Crippen LogP contribution in [0, 0.1) is 0 Å². The molecule has 0 saturated carbocycles. The number of thioether (sulfide) groups is 1. The smallest absolute Gasteiger partial charge is 0.0171 e. The largest absolute Gasteiger partial charge is 0.327 e. The summed E-state index contributed by atoms with van der Waals surface area (Å²) in [6.45, 7) is 0. The van der Waals surface area contributed by atoms with Crippen LogP contribution in [0.2, 0.25) is 0 Å². The summed E-state index contributed by atoms with van der Waals surface area (Å²) in [5, 5.41) is 0. The summed E-state index contributed by atoms with van der Waals surface area (Å²) < 4.78 is 0. The fourth-order valence-electron chi connectivity index (χ4n) is 2.32. The first-order chi connectivity index (χ1) is 10.2. The summed E-state index contributed by atoms with van der Waals surface area (Å²) in [6.07, 6.45) is 1.86. The van der Waals surface area contributed by atoms with Gasteiger partial charge in [-0.2, -0.15) is 11.8 Å². The number of rotatable bonds is 8. The van der Waals surface area contributed by atoms with Crippen molar-refractivity contribution in [2.75, 3.05) is 11.5 Å². The van der Waals surface area contributed by atoms with Gasteiger partial charge in [0.1, 0.15) is 0 Å². The second-order valence-electron chi connectivity index (χ2n) is 5.44. The molecule has 2 rings (SSSR count). The normalized spacial score (nSPS) is 13.8. The van der Waals surface area contributed by atoms with Crippen molar-refractivity contribution in [1.82, 2.24) is 0 Å². The highest BCUT2D eigenvalue weighted by Crippen LogP contribution is 2.10. The van der Waals surface area contributed by atoms with Crippen LogP contribution in [0.25, 0.3) is 0 Å². The van der Waals surface area contributed by atoms with Crippen molar-refractivity contribution in [3.63, 3.8) is 0 Å². The average Bonchev–Trinajstić information content (AvgIpc) is 2.49. The highest BCUT2D eigenvalue weighted by atomic mass is 32.2. The highest BCUT2D eigenvalue weighted by Gasteiger charge is 2.07. The van der Waals surface area contributed by atoms with E-state index in [0.29, 0.717) is 0 Å². The minimum Gasteiger partial charge on any atom is -0.327 e. The van der Waals surface area contributed by atoms with Gasteiger partial charge in [0, 0.05) is 23.6 Å². The molecule has 112 valence electrons. The van der Waals surface area contributed by atoms with Gasteiger partial charge in [-0.15, -0.1) is 0 Å². The molecule has 0 bridgehead atoms. The SMILES string of the molecule is N[C@H](CSC[C@@H](N)Cc1ccccc1)Cc1ccccc1. The lowest BCUT2D eigenvalue weighted by molar-refractivity contribution is 0.733. The van der Waals surface area contributed by atoms with Gasteiger partial charge in [-0.3, -0.25) is 0 Å². The van der Waals surface area contributed by atoms with E-state index >= 15 is 0 Å². The number of nitrogens with two attached hydrogens (primary N) is 2. The van der Waals surface area contributed by atoms with Crippen molar-refractivity contribution in [3.8, 4) is 0 Å². The van der Waals surface area contributed by atoms with Crippen molar-refractivity contribution in [3.05, 3.63) is 71.8 Å². The molecule has 0 heterocycles. The van der Waals surface area contributed by atoms with E-state index in [-0.39, 0.29) is 12.1 Å². The minimum absolute atomic E-state index is 0.196. The Morgan fingerprint density at radius 1 is 0.667 bits per heavy atom. The Bertz CT molecular complexity index is 454. The third kappa shape index (κ3) is 6.34. The predicted molar refractivity (Wildman–Crippen MR) is 93.6 cm³/mol. The van der Waals surface area contributed by atoms with E-state index in [1.165, 1.54) is 11.1 Å². The van der Waals surface area contributed by atoms with E-state index in [9.17, 15) is 0 Å². The van der Waals surface area contributed by atoms with Gasteiger partial charge in [-0.1, -0.05) is 60.7 Å². The first kappa shape index (κ1) is 16.1. The van der Waals surface area contributed by atoms with Gasteiger partial charge in [0.2, 0.25) is 0 Å². The predicted octanol–water partition coefficient (Wildman–Crippen LogP) is 2.86. The first-order valence-electron chi connectivity index (χ1n) is 7.41. The van der Waals surface area contributed by atoms with Crippen molar-refractivity contribution >= 4 is 11.8 Å². The average molecular weight is 300 g/mol. The second-order valence-corrected chi connectivity index (χ2v) is 6.51. The molecule has 0 aromatic heterocycles. The third-order valence-electron chi connectivity index (χ3n) is 3.35. The molecule has 0 aliphatic rings. The van der Waals surface area contributed by atoms with Gasteiger partial charge < -0.3 is 11.5 Å². The van der Waals surface area contributed by atoms with E-state index in [1.54, 1.807) is 0 Å². The maximum atomic E-state index is 6.18. The molecule has 2 aromatic carbocycles. The Labute approximate surface area is 131 Å². The van der Waals surface area contributed by atoms with Crippen molar-refractivity contribution in [2.24, 2.45) is 11.5 Å². The summed E-state index contributed by atoms with van der Waals surface area (Å²) >= 11 is 1.86. The summed E-state index contributed by atoms with van der Waals surface area (Å²) in [6, 6.07) is 21.2. The van der Waals surface area contributed by atoms with Crippen LogP contribution >= 0.6 is 11.8 Å². The van der Waals surface area contributed by atoms with Gasteiger partial charge in [-0.25, -0.2) is 0 Å². The molecule has 0 fully saturated rings. The summed E-state index contributed by atoms with van der Waals surface area (Å²) in [5.74, 6) is 1.91. The van der Waals surface area contributed by atoms with Crippen LogP contribution in [0.5, 0.6) is 0 Å². The van der Waals surface area contributed by atoms with Crippen LogP contribution in [0.4, 0.5) is 0 Å². The molecule has 0 saturated heterocycles. The summed E-state index contributed by atoms with van der Waals surface area (Å²) in [7, 11) is 0. The molecule has 0 unspecified atom stereocenters. The summed E-state index contributed by atoms with van der Waals surface area (Å²) in [4.78, 5) is 0. The van der Waals surface area contributed by atoms with Crippen LogP contribution in [0.15, 0.2) is 60.7 Å².